The summed E-state index contributed by atoms with van der Waals surface area (Å²) in [5, 5.41) is 0. The minimum Gasteiger partial charge on any atom is -0.462 e. The van der Waals surface area contributed by atoms with Crippen LogP contribution < -0.4 is 0 Å². The number of ether oxygens (including phenoxy) is 1. The maximum Gasteiger partial charge on any atom is 0.338 e. The smallest absolute Gasteiger partial charge is 0.338 e. The van der Waals surface area contributed by atoms with E-state index in [1.807, 2.05) is 0 Å². The van der Waals surface area contributed by atoms with E-state index in [1.54, 1.807) is 13.8 Å². The van der Waals surface area contributed by atoms with Crippen molar-refractivity contribution in [2.24, 2.45) is 0 Å². The quantitative estimate of drug-likeness (QED) is 0.688. The fourth-order valence-electron chi connectivity index (χ4n) is 1.18. The highest BCUT2D eigenvalue weighted by Crippen LogP contribution is 2.24. The molecule has 16 heavy (non-hydrogen) atoms. The summed E-state index contributed by atoms with van der Waals surface area (Å²) in [5.41, 5.74) is 0.987. The van der Waals surface area contributed by atoms with Gasteiger partial charge in [-0.1, -0.05) is 15.9 Å². The molecule has 0 aliphatic heterocycles. The Morgan fingerprint density at radius 3 is 2.69 bits per heavy atom. The maximum absolute atomic E-state index is 11.6. The lowest BCUT2D eigenvalue weighted by molar-refractivity contribution is 0.0525. The van der Waals surface area contributed by atoms with Crippen LogP contribution in [0.3, 0.4) is 0 Å². The summed E-state index contributed by atoms with van der Waals surface area (Å²) in [6, 6.07) is 2.88. The number of esters is 1. The Morgan fingerprint density at radius 1 is 1.56 bits per heavy atom. The van der Waals surface area contributed by atoms with Gasteiger partial charge in [0.15, 0.2) is 11.1 Å². The zero-order valence-electron chi connectivity index (χ0n) is 8.82. The molecular weight excluding hydrogens is 296 g/mol. The largest absolute Gasteiger partial charge is 0.462 e. The minimum atomic E-state index is -2.12. The number of halogens is 1. The molecule has 88 valence electrons. The Balaban J connectivity index is 3.26. The van der Waals surface area contributed by atoms with E-state index in [-0.39, 0.29) is 11.5 Å². The molecule has 1 aromatic carbocycles. The standard InChI is InChI=1S/C10H11BrO4S/c1-3-15-10(12)8-4-7(16(13)14)5-9(11)6(8)2/h4-5H,3H2,1-2H3,(H,13,14). The molecule has 0 spiro atoms. The van der Waals surface area contributed by atoms with E-state index in [0.717, 1.165) is 0 Å². The van der Waals surface area contributed by atoms with Crippen LogP contribution in [0.25, 0.3) is 0 Å². The summed E-state index contributed by atoms with van der Waals surface area (Å²) in [4.78, 5) is 11.7. The molecule has 1 N–H and O–H groups in total. The van der Waals surface area contributed by atoms with Crippen LogP contribution in [0.1, 0.15) is 22.8 Å². The van der Waals surface area contributed by atoms with Crippen molar-refractivity contribution in [2.45, 2.75) is 18.7 Å². The van der Waals surface area contributed by atoms with E-state index in [2.05, 4.69) is 15.9 Å². The molecule has 0 aromatic heterocycles. The first-order chi connectivity index (χ1) is 7.47. The molecule has 1 rings (SSSR count). The van der Waals surface area contributed by atoms with Crippen molar-refractivity contribution in [1.82, 2.24) is 0 Å². The molecule has 0 heterocycles. The molecular formula is C10H11BrO4S. The predicted octanol–water partition coefficient (Wildman–Crippen LogP) is 2.51. The third-order valence-corrected chi connectivity index (χ3v) is 3.48. The van der Waals surface area contributed by atoms with Gasteiger partial charge >= 0.3 is 5.97 Å². The van der Waals surface area contributed by atoms with Crippen molar-refractivity contribution < 1.29 is 18.3 Å². The second kappa shape index (κ2) is 5.56. The van der Waals surface area contributed by atoms with Gasteiger partial charge in [-0.15, -0.1) is 0 Å². The fraction of sp³-hybridized carbons (Fsp3) is 0.300. The summed E-state index contributed by atoms with van der Waals surface area (Å²) in [7, 11) is 0. The van der Waals surface area contributed by atoms with Crippen LogP contribution in [-0.4, -0.2) is 21.3 Å². The van der Waals surface area contributed by atoms with Gasteiger partial charge in [-0.25, -0.2) is 9.00 Å². The zero-order valence-corrected chi connectivity index (χ0v) is 11.2. The molecule has 0 radical (unpaired) electrons. The van der Waals surface area contributed by atoms with Gasteiger partial charge in [0.05, 0.1) is 17.1 Å². The van der Waals surface area contributed by atoms with Crippen LogP contribution in [-0.2, 0) is 15.8 Å². The van der Waals surface area contributed by atoms with E-state index in [9.17, 15) is 9.00 Å². The molecule has 1 atom stereocenters. The van der Waals surface area contributed by atoms with Gasteiger partial charge < -0.3 is 9.29 Å². The van der Waals surface area contributed by atoms with Gasteiger partial charge in [-0.2, -0.15) is 0 Å². The van der Waals surface area contributed by atoms with Crippen molar-refractivity contribution in [1.29, 1.82) is 0 Å². The number of benzene rings is 1. The Kier molecular flexibility index (Phi) is 4.64. The summed E-state index contributed by atoms with van der Waals surface area (Å²) in [6.07, 6.45) is 0. The van der Waals surface area contributed by atoms with Gasteiger partial charge in [0.25, 0.3) is 0 Å². The molecule has 0 aliphatic rings. The van der Waals surface area contributed by atoms with E-state index >= 15 is 0 Å². The van der Waals surface area contributed by atoms with Gasteiger partial charge in [0, 0.05) is 4.47 Å². The Morgan fingerprint density at radius 2 is 2.19 bits per heavy atom. The van der Waals surface area contributed by atoms with E-state index in [4.69, 9.17) is 9.29 Å². The van der Waals surface area contributed by atoms with Crippen LogP contribution in [0, 0.1) is 6.92 Å². The molecule has 0 saturated carbocycles. The summed E-state index contributed by atoms with van der Waals surface area (Å²) in [5.74, 6) is -0.493. The van der Waals surface area contributed by atoms with Crippen LogP contribution in [0.2, 0.25) is 0 Å². The monoisotopic (exact) mass is 306 g/mol. The number of hydrogen-bond acceptors (Lipinski definition) is 3. The number of carbonyl (C=O) groups is 1. The number of hydrogen-bond donors (Lipinski definition) is 1. The first-order valence-corrected chi connectivity index (χ1v) is 6.45. The Labute approximate surface area is 104 Å². The van der Waals surface area contributed by atoms with Gasteiger partial charge in [0.1, 0.15) is 0 Å². The molecule has 0 bridgehead atoms. The zero-order chi connectivity index (χ0) is 12.3. The van der Waals surface area contributed by atoms with Gasteiger partial charge in [0.2, 0.25) is 0 Å². The SMILES string of the molecule is CCOC(=O)c1cc(S(=O)O)cc(Br)c1C. The lowest BCUT2D eigenvalue weighted by Gasteiger charge is -2.08. The van der Waals surface area contributed by atoms with E-state index in [1.165, 1.54) is 12.1 Å². The minimum absolute atomic E-state index is 0.167. The fourth-order valence-corrected chi connectivity index (χ4v) is 2.22. The molecule has 0 amide bonds. The van der Waals surface area contributed by atoms with Crippen LogP contribution in [0.4, 0.5) is 0 Å². The topological polar surface area (TPSA) is 63.6 Å². The second-order valence-electron chi connectivity index (χ2n) is 3.05. The maximum atomic E-state index is 11.6. The van der Waals surface area contributed by atoms with E-state index in [0.29, 0.717) is 15.6 Å². The predicted molar refractivity (Wildman–Crippen MR) is 63.9 cm³/mol. The highest BCUT2D eigenvalue weighted by Gasteiger charge is 2.15. The van der Waals surface area contributed by atoms with Crippen LogP contribution in [0.15, 0.2) is 21.5 Å². The van der Waals surface area contributed by atoms with E-state index < -0.39 is 17.0 Å². The number of carbonyl (C=O) groups excluding carboxylic acids is 1. The highest BCUT2D eigenvalue weighted by atomic mass is 79.9. The molecule has 0 aliphatic carbocycles. The first kappa shape index (κ1) is 13.3. The van der Waals surface area contributed by atoms with Gasteiger partial charge in [-0.3, -0.25) is 0 Å². The molecule has 1 unspecified atom stereocenters. The molecule has 0 saturated heterocycles. The molecule has 4 nitrogen and oxygen atoms in total. The summed E-state index contributed by atoms with van der Waals surface area (Å²) < 4.78 is 25.4. The summed E-state index contributed by atoms with van der Waals surface area (Å²) in [6.45, 7) is 3.71. The first-order valence-electron chi connectivity index (χ1n) is 4.55. The van der Waals surface area contributed by atoms with Gasteiger partial charge in [-0.05, 0) is 31.5 Å². The molecule has 0 fully saturated rings. The molecule has 1 aromatic rings. The normalized spacial score (nSPS) is 12.2. The third kappa shape index (κ3) is 2.90. The van der Waals surface area contributed by atoms with Crippen molar-refractivity contribution in [3.8, 4) is 0 Å². The third-order valence-electron chi connectivity index (χ3n) is 2.01. The Bertz CT molecular complexity index is 445. The highest BCUT2D eigenvalue weighted by molar-refractivity contribution is 9.10. The molecule has 6 heteroatoms. The van der Waals surface area contributed by atoms with Crippen molar-refractivity contribution >= 4 is 33.0 Å². The Hall–Kier alpha value is -0.720. The lowest BCUT2D eigenvalue weighted by atomic mass is 10.1. The van der Waals surface area contributed by atoms with Crippen LogP contribution >= 0.6 is 15.9 Å². The average molecular weight is 307 g/mol. The number of rotatable bonds is 3. The lowest BCUT2D eigenvalue weighted by Crippen LogP contribution is -2.08. The average Bonchev–Trinajstić information content (AvgIpc) is 2.21. The van der Waals surface area contributed by atoms with Crippen molar-refractivity contribution in [3.63, 3.8) is 0 Å². The van der Waals surface area contributed by atoms with Crippen molar-refractivity contribution in [2.75, 3.05) is 6.61 Å². The van der Waals surface area contributed by atoms with Crippen LogP contribution in [0.5, 0.6) is 0 Å². The second-order valence-corrected chi connectivity index (χ2v) is 4.87. The van der Waals surface area contributed by atoms with Crippen molar-refractivity contribution in [3.05, 3.63) is 27.7 Å². The summed E-state index contributed by atoms with van der Waals surface area (Å²) >= 11 is 1.12.